The minimum absolute atomic E-state index is 0.431. The van der Waals surface area contributed by atoms with Gasteiger partial charge in [-0.2, -0.15) is 0 Å². The average molecular weight is 915 g/mol. The molecule has 0 fully saturated rings. The predicted octanol–water partition coefficient (Wildman–Crippen LogP) is 17.7. The van der Waals surface area contributed by atoms with E-state index in [1.165, 1.54) is 116 Å². The molecule has 0 bridgehead atoms. The molecule has 0 aliphatic rings. The summed E-state index contributed by atoms with van der Waals surface area (Å²) in [5.74, 6) is 1.76. The second-order valence-corrected chi connectivity index (χ2v) is 18.1. The Morgan fingerprint density at radius 1 is 0.309 bits per heavy atom. The maximum Gasteiger partial charge on any atom is 0.343 e. The molecular formula is C62H74O6. The van der Waals surface area contributed by atoms with Crippen LogP contribution >= 0.6 is 0 Å². The van der Waals surface area contributed by atoms with Gasteiger partial charge in [-0.1, -0.05) is 202 Å². The Hall–Kier alpha value is -6.14. The Morgan fingerprint density at radius 2 is 0.618 bits per heavy atom. The molecule has 0 saturated heterocycles. The molecule has 0 heterocycles. The van der Waals surface area contributed by atoms with E-state index in [0.29, 0.717) is 22.6 Å². The van der Waals surface area contributed by atoms with Crippen LogP contribution in [0.25, 0.3) is 33.4 Å². The summed E-state index contributed by atoms with van der Waals surface area (Å²) >= 11 is 0. The molecule has 68 heavy (non-hydrogen) atoms. The lowest BCUT2D eigenvalue weighted by molar-refractivity contribution is 0.0725. The molecule has 0 N–H and O–H groups in total. The van der Waals surface area contributed by atoms with Crippen molar-refractivity contribution in [3.05, 3.63) is 157 Å². The van der Waals surface area contributed by atoms with Crippen LogP contribution in [0.5, 0.6) is 23.0 Å². The van der Waals surface area contributed by atoms with Crippen LogP contribution in [0.1, 0.15) is 163 Å². The van der Waals surface area contributed by atoms with E-state index in [4.69, 9.17) is 18.9 Å². The number of rotatable bonds is 31. The number of esters is 2. The largest absolute Gasteiger partial charge is 0.494 e. The van der Waals surface area contributed by atoms with Crippen LogP contribution < -0.4 is 18.9 Å². The molecule has 0 unspecified atom stereocenters. The number of unbranched alkanes of at least 4 members (excludes halogenated alkanes) is 18. The van der Waals surface area contributed by atoms with E-state index in [1.807, 2.05) is 78.9 Å². The first-order valence-corrected chi connectivity index (χ1v) is 25.8. The van der Waals surface area contributed by atoms with E-state index in [1.54, 1.807) is 42.5 Å². The van der Waals surface area contributed by atoms with Crippen molar-refractivity contribution in [2.75, 3.05) is 13.2 Å². The van der Waals surface area contributed by atoms with Crippen LogP contribution in [0.4, 0.5) is 0 Å². The Labute approximate surface area is 407 Å². The highest BCUT2D eigenvalue weighted by atomic mass is 16.5. The summed E-state index contributed by atoms with van der Waals surface area (Å²) in [6, 6.07) is 45.8. The summed E-state index contributed by atoms with van der Waals surface area (Å²) in [5, 5.41) is 0. The van der Waals surface area contributed by atoms with Crippen molar-refractivity contribution in [1.82, 2.24) is 0 Å². The number of ether oxygens (including phenoxy) is 4. The molecule has 0 aliphatic carbocycles. The first kappa shape index (κ1) is 51.3. The van der Waals surface area contributed by atoms with Gasteiger partial charge in [0.2, 0.25) is 0 Å². The fourth-order valence-corrected chi connectivity index (χ4v) is 8.43. The Kier molecular flexibility index (Phi) is 22.3. The minimum Gasteiger partial charge on any atom is -0.494 e. The molecule has 0 atom stereocenters. The molecule has 6 heteroatoms. The minimum atomic E-state index is -0.433. The van der Waals surface area contributed by atoms with Crippen molar-refractivity contribution >= 4 is 11.9 Å². The monoisotopic (exact) mass is 915 g/mol. The van der Waals surface area contributed by atoms with Gasteiger partial charge in [0, 0.05) is 0 Å². The van der Waals surface area contributed by atoms with Crippen LogP contribution in [0, 0.1) is 0 Å². The number of carbonyl (C=O) groups excluding carboxylic acids is 2. The fraction of sp³-hybridized carbons (Fsp3) is 0.387. The summed E-state index contributed by atoms with van der Waals surface area (Å²) in [5.41, 5.74) is 6.81. The molecule has 0 amide bonds. The number of hydrogen-bond acceptors (Lipinski definition) is 6. The average Bonchev–Trinajstić information content (AvgIpc) is 3.38. The highest BCUT2D eigenvalue weighted by Crippen LogP contribution is 2.29. The maximum atomic E-state index is 13.2. The van der Waals surface area contributed by atoms with Gasteiger partial charge in [0.05, 0.1) is 24.3 Å². The number of carbonyl (C=O) groups is 2. The molecule has 0 saturated carbocycles. The first-order valence-electron chi connectivity index (χ1n) is 25.8. The third-order valence-corrected chi connectivity index (χ3v) is 12.6. The third kappa shape index (κ3) is 17.8. The van der Waals surface area contributed by atoms with Crippen molar-refractivity contribution in [3.63, 3.8) is 0 Å². The summed E-state index contributed by atoms with van der Waals surface area (Å²) < 4.78 is 23.5. The Morgan fingerprint density at radius 3 is 1.00 bits per heavy atom. The standard InChI is InChI=1S/C62H74O6/c1-3-5-7-9-11-13-15-17-19-21-46-65-57-40-34-51(35-41-57)49-26-30-54(31-27-49)61(63)67-59-44-38-53(39-45-59)56-24-23-25-60(48-56)68-62(64)55-32-28-50(29-33-55)52-36-42-58(43-37-52)66-47-22-20-18-16-14-12-10-8-6-4-2/h23-45,48H,3-22,46-47H2,1-2H3. The van der Waals surface area contributed by atoms with Crippen molar-refractivity contribution in [1.29, 1.82) is 0 Å². The third-order valence-electron chi connectivity index (χ3n) is 12.6. The van der Waals surface area contributed by atoms with E-state index in [0.717, 1.165) is 70.9 Å². The van der Waals surface area contributed by atoms with Crippen molar-refractivity contribution < 1.29 is 28.5 Å². The summed E-state index contributed by atoms with van der Waals surface area (Å²) in [6.07, 6.45) is 26.2. The Bertz CT molecular complexity index is 2330. The zero-order valence-corrected chi connectivity index (χ0v) is 40.9. The molecule has 0 spiro atoms. The van der Waals surface area contributed by atoms with Gasteiger partial charge in [-0.3, -0.25) is 0 Å². The van der Waals surface area contributed by atoms with E-state index in [-0.39, 0.29) is 0 Å². The van der Waals surface area contributed by atoms with Gasteiger partial charge in [-0.15, -0.1) is 0 Å². The molecular weight excluding hydrogens is 841 g/mol. The van der Waals surface area contributed by atoms with Gasteiger partial charge in [-0.25, -0.2) is 9.59 Å². The van der Waals surface area contributed by atoms with Gasteiger partial charge in [-0.05, 0) is 119 Å². The molecule has 6 rings (SSSR count). The first-order chi connectivity index (χ1) is 33.5. The lowest BCUT2D eigenvalue weighted by atomic mass is 10.0. The lowest BCUT2D eigenvalue weighted by Crippen LogP contribution is -2.08. The van der Waals surface area contributed by atoms with Gasteiger partial charge in [0.15, 0.2) is 0 Å². The van der Waals surface area contributed by atoms with E-state index < -0.39 is 11.9 Å². The van der Waals surface area contributed by atoms with Crippen molar-refractivity contribution in [3.8, 4) is 56.4 Å². The molecule has 358 valence electrons. The van der Waals surface area contributed by atoms with Crippen LogP contribution in [0.3, 0.4) is 0 Å². The molecule has 0 radical (unpaired) electrons. The normalized spacial score (nSPS) is 11.0. The highest BCUT2D eigenvalue weighted by Gasteiger charge is 2.13. The van der Waals surface area contributed by atoms with Gasteiger partial charge in [0.25, 0.3) is 0 Å². The summed E-state index contributed by atoms with van der Waals surface area (Å²) in [7, 11) is 0. The van der Waals surface area contributed by atoms with Gasteiger partial charge >= 0.3 is 11.9 Å². The van der Waals surface area contributed by atoms with Crippen LogP contribution in [0.15, 0.2) is 146 Å². The summed E-state index contributed by atoms with van der Waals surface area (Å²) in [6.45, 7) is 6.01. The van der Waals surface area contributed by atoms with Gasteiger partial charge in [0.1, 0.15) is 23.0 Å². The zero-order valence-electron chi connectivity index (χ0n) is 40.9. The van der Waals surface area contributed by atoms with Crippen molar-refractivity contribution in [2.45, 2.75) is 142 Å². The highest BCUT2D eigenvalue weighted by molar-refractivity contribution is 5.92. The lowest BCUT2D eigenvalue weighted by Gasteiger charge is -2.10. The summed E-state index contributed by atoms with van der Waals surface area (Å²) in [4.78, 5) is 26.2. The van der Waals surface area contributed by atoms with Crippen molar-refractivity contribution in [2.24, 2.45) is 0 Å². The SMILES string of the molecule is CCCCCCCCCCCCOc1ccc(-c2ccc(C(=O)Oc3ccc(-c4cccc(OC(=O)c5ccc(-c6ccc(OCCCCCCCCCCCC)cc6)cc5)c4)cc3)cc2)cc1. The zero-order chi connectivity index (χ0) is 47.4. The second-order valence-electron chi connectivity index (χ2n) is 18.1. The van der Waals surface area contributed by atoms with Crippen LogP contribution in [-0.4, -0.2) is 25.2 Å². The van der Waals surface area contributed by atoms with E-state index >= 15 is 0 Å². The van der Waals surface area contributed by atoms with Gasteiger partial charge < -0.3 is 18.9 Å². The Balaban J connectivity index is 0.891. The smallest absolute Gasteiger partial charge is 0.343 e. The molecule has 6 aromatic rings. The fourth-order valence-electron chi connectivity index (χ4n) is 8.43. The van der Waals surface area contributed by atoms with E-state index in [9.17, 15) is 9.59 Å². The second kappa shape index (κ2) is 29.6. The number of benzene rings is 6. The van der Waals surface area contributed by atoms with Crippen LogP contribution in [-0.2, 0) is 0 Å². The maximum absolute atomic E-state index is 13.2. The predicted molar refractivity (Wildman–Crippen MR) is 280 cm³/mol. The number of hydrogen-bond donors (Lipinski definition) is 0. The van der Waals surface area contributed by atoms with E-state index in [2.05, 4.69) is 38.1 Å². The molecule has 6 nitrogen and oxygen atoms in total. The molecule has 0 aliphatic heterocycles. The quantitative estimate of drug-likeness (QED) is 0.0246. The van der Waals surface area contributed by atoms with Crippen LogP contribution in [0.2, 0.25) is 0 Å². The molecule has 6 aromatic carbocycles. The topological polar surface area (TPSA) is 71.1 Å². The molecule has 0 aromatic heterocycles.